The van der Waals surface area contributed by atoms with E-state index in [0.717, 1.165) is 5.56 Å². The van der Waals surface area contributed by atoms with Crippen LogP contribution in [0.2, 0.25) is 19.6 Å². The Kier molecular flexibility index (Phi) is 6.90. The average molecular weight is 301 g/mol. The molecule has 0 bridgehead atoms. The van der Waals surface area contributed by atoms with E-state index in [2.05, 4.69) is 40.8 Å². The molecular formula is C17H23NO2Si. The molecule has 0 aliphatic carbocycles. The Morgan fingerprint density at radius 1 is 1.33 bits per heavy atom. The van der Waals surface area contributed by atoms with Crippen molar-refractivity contribution in [1.82, 2.24) is 0 Å². The summed E-state index contributed by atoms with van der Waals surface area (Å²) >= 11 is 0. The molecule has 1 rings (SSSR count). The van der Waals surface area contributed by atoms with Crippen molar-refractivity contribution < 1.29 is 9.53 Å². The maximum absolute atomic E-state index is 11.3. The van der Waals surface area contributed by atoms with Gasteiger partial charge < -0.3 is 4.74 Å². The van der Waals surface area contributed by atoms with E-state index in [4.69, 9.17) is 0 Å². The summed E-state index contributed by atoms with van der Waals surface area (Å²) in [6.45, 7) is 6.58. The van der Waals surface area contributed by atoms with Crippen LogP contribution in [0.5, 0.6) is 0 Å². The molecule has 0 unspecified atom stereocenters. The normalized spacial score (nSPS) is 12.6. The minimum Gasteiger partial charge on any atom is -0.469 e. The van der Waals surface area contributed by atoms with Gasteiger partial charge in [0.25, 0.3) is 0 Å². The first-order valence-corrected chi connectivity index (χ1v) is 10.6. The van der Waals surface area contributed by atoms with Crippen molar-refractivity contribution in [3.8, 4) is 11.5 Å². The second kappa shape index (κ2) is 8.43. The molecule has 0 fully saturated rings. The summed E-state index contributed by atoms with van der Waals surface area (Å²) in [5, 5.41) is 0. The van der Waals surface area contributed by atoms with Gasteiger partial charge in [0, 0.05) is 12.6 Å². The minimum atomic E-state index is -1.44. The van der Waals surface area contributed by atoms with Gasteiger partial charge in [-0.3, -0.25) is 9.79 Å². The lowest BCUT2D eigenvalue weighted by atomic mass is 10.1. The van der Waals surface area contributed by atoms with E-state index in [0.29, 0.717) is 12.8 Å². The van der Waals surface area contributed by atoms with Crippen molar-refractivity contribution in [2.75, 3.05) is 7.11 Å². The number of hydrogen-bond acceptors (Lipinski definition) is 3. The van der Waals surface area contributed by atoms with Gasteiger partial charge in [-0.15, -0.1) is 5.54 Å². The number of rotatable bonds is 5. The topological polar surface area (TPSA) is 38.7 Å². The maximum Gasteiger partial charge on any atom is 0.305 e. The number of nitrogens with zero attached hydrogens (tertiary/aromatic N) is 1. The molecule has 3 nitrogen and oxygen atoms in total. The van der Waals surface area contributed by atoms with Gasteiger partial charge in [0.15, 0.2) is 0 Å². The second-order valence-electron chi connectivity index (χ2n) is 5.84. The monoisotopic (exact) mass is 301 g/mol. The molecule has 112 valence electrons. The molecule has 1 aromatic rings. The maximum atomic E-state index is 11.3. The van der Waals surface area contributed by atoms with Crippen LogP contribution in [0.3, 0.4) is 0 Å². The van der Waals surface area contributed by atoms with E-state index >= 15 is 0 Å². The summed E-state index contributed by atoms with van der Waals surface area (Å²) in [7, 11) is -0.0429. The van der Waals surface area contributed by atoms with E-state index in [1.807, 2.05) is 36.5 Å². The van der Waals surface area contributed by atoms with Gasteiger partial charge >= 0.3 is 5.97 Å². The molecule has 0 saturated heterocycles. The zero-order valence-corrected chi connectivity index (χ0v) is 14.2. The number of aliphatic imine (C=N–C) groups is 1. The third kappa shape index (κ3) is 8.11. The first kappa shape index (κ1) is 17.2. The highest BCUT2D eigenvalue weighted by atomic mass is 28.3. The fraction of sp³-hybridized carbons (Fsp3) is 0.412. The number of carbonyl (C=O) groups excluding carboxylic acids is 1. The largest absolute Gasteiger partial charge is 0.469 e. The Morgan fingerprint density at radius 2 is 2.00 bits per heavy atom. The molecular weight excluding hydrogens is 278 g/mol. The molecule has 0 N–H and O–H groups in total. The summed E-state index contributed by atoms with van der Waals surface area (Å²) < 4.78 is 4.68. The van der Waals surface area contributed by atoms with Crippen LogP contribution in [0.1, 0.15) is 18.4 Å². The van der Waals surface area contributed by atoms with Crippen molar-refractivity contribution in [3.05, 3.63) is 35.9 Å². The molecule has 0 spiro atoms. The van der Waals surface area contributed by atoms with Gasteiger partial charge in [0.1, 0.15) is 14.1 Å². The molecule has 0 aromatic heterocycles. The number of benzene rings is 1. The lowest BCUT2D eigenvalue weighted by Gasteiger charge is -2.08. The number of esters is 1. The first-order valence-electron chi connectivity index (χ1n) is 7.08. The zero-order chi connectivity index (χ0) is 15.7. The van der Waals surface area contributed by atoms with E-state index in [-0.39, 0.29) is 12.0 Å². The molecule has 0 heterocycles. The van der Waals surface area contributed by atoms with Gasteiger partial charge in [-0.1, -0.05) is 55.9 Å². The Bertz CT molecular complexity index is 535. The Balaban J connectivity index is 2.78. The van der Waals surface area contributed by atoms with Crippen LogP contribution in [0.25, 0.3) is 0 Å². The molecule has 1 aromatic carbocycles. The summed E-state index contributed by atoms with van der Waals surface area (Å²) in [4.78, 5) is 15.8. The van der Waals surface area contributed by atoms with Crippen LogP contribution in [-0.2, 0) is 9.53 Å². The van der Waals surface area contributed by atoms with E-state index < -0.39 is 8.07 Å². The predicted molar refractivity (Wildman–Crippen MR) is 90.2 cm³/mol. The predicted octanol–water partition coefficient (Wildman–Crippen LogP) is 3.31. The van der Waals surface area contributed by atoms with Gasteiger partial charge in [-0.25, -0.2) is 0 Å². The highest BCUT2D eigenvalue weighted by Crippen LogP contribution is 2.05. The van der Waals surface area contributed by atoms with Crippen LogP contribution in [-0.4, -0.2) is 33.4 Å². The van der Waals surface area contributed by atoms with Crippen molar-refractivity contribution in [1.29, 1.82) is 0 Å². The summed E-state index contributed by atoms with van der Waals surface area (Å²) in [6, 6.07) is 9.74. The number of carbonyl (C=O) groups is 1. The van der Waals surface area contributed by atoms with Crippen LogP contribution in [0.15, 0.2) is 35.3 Å². The van der Waals surface area contributed by atoms with Gasteiger partial charge in [-0.05, 0) is 12.0 Å². The highest BCUT2D eigenvalue weighted by Gasteiger charge is 2.11. The van der Waals surface area contributed by atoms with Gasteiger partial charge in [0.2, 0.25) is 0 Å². The molecule has 0 saturated carbocycles. The molecule has 0 aliphatic heterocycles. The lowest BCUT2D eigenvalue weighted by Crippen LogP contribution is -2.18. The standard InChI is InChI=1S/C17H23NO2Si/c1-20-17(19)11-10-16(12-13-21(2,3)4)18-14-15-8-6-5-7-9-15/h5-9,14,16H,10-11H2,1-4H3/t16-/m1/s1. The van der Waals surface area contributed by atoms with Crippen LogP contribution in [0.4, 0.5) is 0 Å². The fourth-order valence-corrected chi connectivity index (χ4v) is 2.16. The zero-order valence-electron chi connectivity index (χ0n) is 13.2. The molecule has 21 heavy (non-hydrogen) atoms. The smallest absolute Gasteiger partial charge is 0.305 e. The van der Waals surface area contributed by atoms with E-state index in [9.17, 15) is 4.79 Å². The van der Waals surface area contributed by atoms with Crippen molar-refractivity contribution in [3.63, 3.8) is 0 Å². The Labute approximate surface area is 128 Å². The Morgan fingerprint density at radius 3 is 2.57 bits per heavy atom. The lowest BCUT2D eigenvalue weighted by molar-refractivity contribution is -0.140. The quantitative estimate of drug-likeness (QED) is 0.362. The third-order valence-corrected chi connectivity index (χ3v) is 3.56. The van der Waals surface area contributed by atoms with Crippen molar-refractivity contribution in [2.45, 2.75) is 38.5 Å². The fourth-order valence-electron chi connectivity index (χ4n) is 1.56. The van der Waals surface area contributed by atoms with Crippen LogP contribution >= 0.6 is 0 Å². The van der Waals surface area contributed by atoms with Gasteiger partial charge in [-0.2, -0.15) is 0 Å². The second-order valence-corrected chi connectivity index (χ2v) is 10.6. The molecule has 0 radical (unpaired) electrons. The van der Waals surface area contributed by atoms with Crippen molar-refractivity contribution in [2.24, 2.45) is 4.99 Å². The summed E-state index contributed by atoms with van der Waals surface area (Å²) in [6.07, 6.45) is 2.75. The molecule has 0 aliphatic rings. The van der Waals surface area contributed by atoms with Crippen molar-refractivity contribution >= 4 is 20.3 Å². The molecule has 0 amide bonds. The first-order chi connectivity index (χ1) is 9.90. The number of ether oxygens (including phenoxy) is 1. The van der Waals surface area contributed by atoms with Crippen LogP contribution in [0, 0.1) is 11.5 Å². The number of methoxy groups -OCH3 is 1. The summed E-state index contributed by atoms with van der Waals surface area (Å²) in [5.74, 6) is 3.00. The van der Waals surface area contributed by atoms with E-state index in [1.54, 1.807) is 0 Å². The Hall–Kier alpha value is -1.86. The number of hydrogen-bond donors (Lipinski definition) is 0. The minimum absolute atomic E-state index is 0.156. The average Bonchev–Trinajstić information content (AvgIpc) is 2.46. The van der Waals surface area contributed by atoms with Gasteiger partial charge in [0.05, 0.1) is 7.11 Å². The molecule has 4 heteroatoms. The highest BCUT2D eigenvalue weighted by molar-refractivity contribution is 6.83. The third-order valence-electron chi connectivity index (χ3n) is 2.67. The molecule has 1 atom stereocenters. The SMILES string of the molecule is COC(=O)CC[C@H](C#C[Si](C)(C)C)N=Cc1ccccc1. The van der Waals surface area contributed by atoms with Crippen LogP contribution < -0.4 is 0 Å². The van der Waals surface area contributed by atoms with E-state index in [1.165, 1.54) is 7.11 Å². The summed E-state index contributed by atoms with van der Waals surface area (Å²) in [5.41, 5.74) is 4.36.